The summed E-state index contributed by atoms with van der Waals surface area (Å²) >= 11 is 0. The van der Waals surface area contributed by atoms with Crippen LogP contribution in [0.5, 0.6) is 0 Å². The number of benzene rings is 1. The Morgan fingerprint density at radius 1 is 1.43 bits per heavy atom. The lowest BCUT2D eigenvalue weighted by Crippen LogP contribution is -2.37. The van der Waals surface area contributed by atoms with Crippen LogP contribution in [0.2, 0.25) is 0 Å². The number of hydrogen-bond donors (Lipinski definition) is 2. The van der Waals surface area contributed by atoms with E-state index < -0.39 is 0 Å². The molecule has 1 fully saturated rings. The molecular weight excluding hydrogens is 268 g/mol. The topological polar surface area (TPSA) is 63.5 Å². The maximum Gasteiger partial charge on any atom is 0.227 e. The molecule has 0 saturated carbocycles. The lowest BCUT2D eigenvalue weighted by Gasteiger charge is -2.13. The van der Waals surface area contributed by atoms with Crippen molar-refractivity contribution in [2.24, 2.45) is 5.92 Å². The van der Waals surface area contributed by atoms with E-state index in [0.717, 1.165) is 28.8 Å². The van der Waals surface area contributed by atoms with E-state index >= 15 is 0 Å². The molecule has 21 heavy (non-hydrogen) atoms. The highest BCUT2D eigenvalue weighted by atomic mass is 16.5. The van der Waals surface area contributed by atoms with E-state index in [1.54, 1.807) is 0 Å². The Hall–Kier alpha value is -1.85. The molecule has 0 spiro atoms. The molecule has 5 heteroatoms. The third-order valence-electron chi connectivity index (χ3n) is 3.87. The summed E-state index contributed by atoms with van der Waals surface area (Å²) in [4.78, 5) is 12.2. The molecule has 2 aromatic rings. The fourth-order valence-electron chi connectivity index (χ4n) is 2.58. The van der Waals surface area contributed by atoms with Crippen LogP contribution in [-0.2, 0) is 16.1 Å². The molecule has 0 bridgehead atoms. The van der Waals surface area contributed by atoms with Crippen molar-refractivity contribution in [2.45, 2.75) is 13.5 Å². The van der Waals surface area contributed by atoms with Gasteiger partial charge in [-0.15, -0.1) is 0 Å². The highest BCUT2D eigenvalue weighted by molar-refractivity contribution is 5.82. The molecule has 112 valence electrons. The number of hydrogen-bond acceptors (Lipinski definition) is 4. The maximum absolute atomic E-state index is 12.2. The van der Waals surface area contributed by atoms with Gasteiger partial charge in [-0.05, 0) is 13.0 Å². The zero-order chi connectivity index (χ0) is 14.7. The first kappa shape index (κ1) is 14.1. The Morgan fingerprint density at radius 3 is 3.14 bits per heavy atom. The van der Waals surface area contributed by atoms with Crippen LogP contribution in [0.25, 0.3) is 11.0 Å². The van der Waals surface area contributed by atoms with Crippen LogP contribution in [0.4, 0.5) is 0 Å². The molecule has 1 saturated heterocycles. The van der Waals surface area contributed by atoms with Gasteiger partial charge < -0.3 is 19.8 Å². The maximum atomic E-state index is 12.2. The zero-order valence-electron chi connectivity index (χ0n) is 12.1. The number of furan rings is 1. The van der Waals surface area contributed by atoms with E-state index in [1.807, 2.05) is 31.2 Å². The molecule has 1 unspecified atom stereocenters. The van der Waals surface area contributed by atoms with E-state index in [-0.39, 0.29) is 11.8 Å². The minimum absolute atomic E-state index is 0.00394. The van der Waals surface area contributed by atoms with Crippen LogP contribution in [0.15, 0.2) is 28.7 Å². The van der Waals surface area contributed by atoms with Crippen molar-refractivity contribution in [1.29, 1.82) is 0 Å². The molecule has 3 rings (SSSR count). The van der Waals surface area contributed by atoms with Gasteiger partial charge in [0.1, 0.15) is 11.3 Å². The summed E-state index contributed by atoms with van der Waals surface area (Å²) in [5.74, 6) is 0.675. The van der Waals surface area contributed by atoms with Crippen molar-refractivity contribution < 1.29 is 13.9 Å². The third kappa shape index (κ3) is 3.09. The number of nitrogens with one attached hydrogen (secondary N) is 2. The summed E-state index contributed by atoms with van der Waals surface area (Å²) in [6, 6.07) is 7.91. The van der Waals surface area contributed by atoms with Crippen molar-refractivity contribution in [3.05, 3.63) is 35.6 Å². The first-order chi connectivity index (χ1) is 10.3. The molecule has 0 radical (unpaired) electrons. The van der Waals surface area contributed by atoms with Crippen LogP contribution in [-0.4, -0.2) is 32.2 Å². The summed E-state index contributed by atoms with van der Waals surface area (Å²) in [6.45, 7) is 5.02. The predicted octanol–water partition coefficient (Wildman–Crippen LogP) is 1.59. The number of carbonyl (C=O) groups excluding carboxylic acids is 1. The van der Waals surface area contributed by atoms with E-state index in [4.69, 9.17) is 9.15 Å². The van der Waals surface area contributed by atoms with E-state index in [1.165, 1.54) is 0 Å². The highest BCUT2D eigenvalue weighted by Crippen LogP contribution is 2.24. The fraction of sp³-hybridized carbons (Fsp3) is 0.438. The molecular formula is C16H20N2O3. The second-order valence-electron chi connectivity index (χ2n) is 5.34. The van der Waals surface area contributed by atoms with Crippen LogP contribution >= 0.6 is 0 Å². The summed E-state index contributed by atoms with van der Waals surface area (Å²) in [5, 5.41) is 7.24. The minimum Gasteiger partial charge on any atom is -0.459 e. The van der Waals surface area contributed by atoms with E-state index in [9.17, 15) is 4.79 Å². The SMILES string of the molecule is Cc1c(CNC(=O)C2CNCCOC2)oc2ccccc12. The highest BCUT2D eigenvalue weighted by Gasteiger charge is 2.21. The average Bonchev–Trinajstić information content (AvgIpc) is 2.71. The Kier molecular flexibility index (Phi) is 4.22. The van der Waals surface area contributed by atoms with Gasteiger partial charge in [0.25, 0.3) is 0 Å². The zero-order valence-corrected chi connectivity index (χ0v) is 12.1. The molecule has 2 N–H and O–H groups in total. The minimum atomic E-state index is -0.141. The number of amides is 1. The van der Waals surface area contributed by atoms with Gasteiger partial charge in [0, 0.05) is 24.0 Å². The number of fused-ring (bicyclic) bond motifs is 1. The predicted molar refractivity (Wildman–Crippen MR) is 80.0 cm³/mol. The third-order valence-corrected chi connectivity index (χ3v) is 3.87. The molecule has 0 aliphatic carbocycles. The Balaban J connectivity index is 1.65. The quantitative estimate of drug-likeness (QED) is 0.900. The van der Waals surface area contributed by atoms with E-state index in [2.05, 4.69) is 10.6 Å². The number of rotatable bonds is 3. The molecule has 1 aliphatic heterocycles. The lowest BCUT2D eigenvalue weighted by molar-refractivity contribution is -0.126. The van der Waals surface area contributed by atoms with Crippen molar-refractivity contribution in [3.8, 4) is 0 Å². The summed E-state index contributed by atoms with van der Waals surface area (Å²) in [7, 11) is 0. The van der Waals surface area contributed by atoms with Gasteiger partial charge in [-0.3, -0.25) is 4.79 Å². The summed E-state index contributed by atoms with van der Waals surface area (Å²) in [5.41, 5.74) is 1.94. The van der Waals surface area contributed by atoms with Crippen molar-refractivity contribution >= 4 is 16.9 Å². The van der Waals surface area contributed by atoms with Crippen LogP contribution in [0, 0.1) is 12.8 Å². The average molecular weight is 288 g/mol. The molecule has 5 nitrogen and oxygen atoms in total. The van der Waals surface area contributed by atoms with Gasteiger partial charge in [0.05, 0.1) is 25.7 Å². The standard InChI is InChI=1S/C16H20N2O3/c1-11-13-4-2-3-5-14(13)21-15(11)9-18-16(19)12-8-17-6-7-20-10-12/h2-5,12,17H,6-10H2,1H3,(H,18,19). The summed E-state index contributed by atoms with van der Waals surface area (Å²) in [6.07, 6.45) is 0. The number of para-hydroxylation sites is 1. The normalized spacial score (nSPS) is 19.4. The second-order valence-corrected chi connectivity index (χ2v) is 5.34. The van der Waals surface area contributed by atoms with Gasteiger partial charge in [-0.2, -0.15) is 0 Å². The van der Waals surface area contributed by atoms with E-state index in [0.29, 0.717) is 26.3 Å². The molecule has 1 aromatic carbocycles. The second kappa shape index (κ2) is 6.28. The van der Waals surface area contributed by atoms with Crippen molar-refractivity contribution in [1.82, 2.24) is 10.6 Å². The summed E-state index contributed by atoms with van der Waals surface area (Å²) < 4.78 is 11.2. The van der Waals surface area contributed by atoms with Crippen LogP contribution < -0.4 is 10.6 Å². The Morgan fingerprint density at radius 2 is 2.29 bits per heavy atom. The first-order valence-corrected chi connectivity index (χ1v) is 7.29. The van der Waals surface area contributed by atoms with Gasteiger partial charge in [0.2, 0.25) is 5.91 Å². The monoisotopic (exact) mass is 288 g/mol. The Bertz CT molecular complexity index is 627. The molecule has 1 atom stereocenters. The lowest BCUT2D eigenvalue weighted by atomic mass is 10.1. The Labute approximate surface area is 123 Å². The molecule has 1 amide bonds. The number of ether oxygens (including phenoxy) is 1. The van der Waals surface area contributed by atoms with Crippen molar-refractivity contribution in [3.63, 3.8) is 0 Å². The van der Waals surface area contributed by atoms with Crippen molar-refractivity contribution in [2.75, 3.05) is 26.3 Å². The van der Waals surface area contributed by atoms with Gasteiger partial charge in [-0.25, -0.2) is 0 Å². The van der Waals surface area contributed by atoms with Crippen LogP contribution in [0.3, 0.4) is 0 Å². The van der Waals surface area contributed by atoms with Gasteiger partial charge in [0.15, 0.2) is 0 Å². The van der Waals surface area contributed by atoms with Gasteiger partial charge in [-0.1, -0.05) is 18.2 Å². The van der Waals surface area contributed by atoms with Gasteiger partial charge >= 0.3 is 0 Å². The largest absolute Gasteiger partial charge is 0.459 e. The number of carbonyl (C=O) groups is 1. The fourth-order valence-corrected chi connectivity index (χ4v) is 2.58. The molecule has 1 aliphatic rings. The number of aryl methyl sites for hydroxylation is 1. The first-order valence-electron chi connectivity index (χ1n) is 7.29. The molecule has 1 aromatic heterocycles. The smallest absolute Gasteiger partial charge is 0.227 e. The van der Waals surface area contributed by atoms with Crippen LogP contribution in [0.1, 0.15) is 11.3 Å². The molecule has 2 heterocycles.